The van der Waals surface area contributed by atoms with E-state index in [0.29, 0.717) is 29.4 Å². The Morgan fingerprint density at radius 2 is 1.85 bits per heavy atom. The molecular weight excluding hydrogens is 436 g/mol. The van der Waals surface area contributed by atoms with Crippen molar-refractivity contribution in [3.63, 3.8) is 0 Å². The van der Waals surface area contributed by atoms with E-state index in [-0.39, 0.29) is 40.5 Å². The number of amides is 2. The number of thiophene rings is 1. The standard InChI is InChI=1S/C26H36N2O4S/c1-17-8-10-18(11-9-17)24(30)28(19-7-6-14-27(5)22(29)15-19)21-16-20(12-13-26(2,3)4)33-23(21)25(31)32/h16-19H,6-11,14-15H2,1-5H3,(H,31,32)/t17-,18-,19?. The Morgan fingerprint density at radius 3 is 2.45 bits per heavy atom. The quantitative estimate of drug-likeness (QED) is 0.625. The summed E-state index contributed by atoms with van der Waals surface area (Å²) in [6.07, 6.45) is 5.26. The predicted molar refractivity (Wildman–Crippen MR) is 131 cm³/mol. The van der Waals surface area contributed by atoms with Crippen LogP contribution in [0.4, 0.5) is 5.69 Å². The molecule has 3 rings (SSSR count). The molecule has 2 aliphatic rings. The van der Waals surface area contributed by atoms with Gasteiger partial charge in [0.2, 0.25) is 11.8 Å². The van der Waals surface area contributed by atoms with Gasteiger partial charge in [0.05, 0.1) is 10.6 Å². The average molecular weight is 473 g/mol. The van der Waals surface area contributed by atoms with Crippen molar-refractivity contribution in [3.05, 3.63) is 15.8 Å². The molecule has 1 unspecified atom stereocenters. The van der Waals surface area contributed by atoms with Gasteiger partial charge in [-0.2, -0.15) is 0 Å². The molecule has 1 atom stereocenters. The number of hydrogen-bond donors (Lipinski definition) is 1. The van der Waals surface area contributed by atoms with Gasteiger partial charge in [0.25, 0.3) is 0 Å². The van der Waals surface area contributed by atoms with E-state index >= 15 is 0 Å². The smallest absolute Gasteiger partial charge is 0.348 e. The lowest BCUT2D eigenvalue weighted by Gasteiger charge is -2.35. The van der Waals surface area contributed by atoms with Crippen molar-refractivity contribution in [1.29, 1.82) is 0 Å². The molecule has 7 heteroatoms. The monoisotopic (exact) mass is 472 g/mol. The number of aromatic carboxylic acids is 1. The molecule has 1 N–H and O–H groups in total. The molecule has 0 spiro atoms. The zero-order chi connectivity index (χ0) is 24.3. The van der Waals surface area contributed by atoms with Crippen LogP contribution in [0.2, 0.25) is 0 Å². The summed E-state index contributed by atoms with van der Waals surface area (Å²) in [5, 5.41) is 9.98. The maximum Gasteiger partial charge on any atom is 0.348 e. The van der Waals surface area contributed by atoms with Gasteiger partial charge in [-0.15, -0.1) is 11.3 Å². The van der Waals surface area contributed by atoms with Crippen molar-refractivity contribution in [2.45, 2.75) is 78.7 Å². The molecule has 0 bridgehead atoms. The Hall–Kier alpha value is -2.33. The zero-order valence-corrected chi connectivity index (χ0v) is 21.3. The summed E-state index contributed by atoms with van der Waals surface area (Å²) in [5.41, 5.74) is 0.178. The first-order chi connectivity index (χ1) is 15.5. The van der Waals surface area contributed by atoms with Crippen molar-refractivity contribution < 1.29 is 19.5 Å². The zero-order valence-electron chi connectivity index (χ0n) is 20.4. The number of carboxylic acids is 1. The van der Waals surface area contributed by atoms with Gasteiger partial charge < -0.3 is 14.9 Å². The van der Waals surface area contributed by atoms with Crippen molar-refractivity contribution in [1.82, 2.24) is 4.90 Å². The largest absolute Gasteiger partial charge is 0.477 e. The summed E-state index contributed by atoms with van der Waals surface area (Å²) in [7, 11) is 1.78. The molecule has 1 saturated carbocycles. The molecule has 2 heterocycles. The molecule has 1 saturated heterocycles. The number of carbonyl (C=O) groups is 3. The van der Waals surface area contributed by atoms with Gasteiger partial charge in [0.15, 0.2) is 0 Å². The highest BCUT2D eigenvalue weighted by atomic mass is 32.1. The van der Waals surface area contributed by atoms with Gasteiger partial charge in [-0.05, 0) is 71.3 Å². The summed E-state index contributed by atoms with van der Waals surface area (Å²) in [5.74, 6) is 5.62. The second-order valence-corrected chi connectivity index (χ2v) is 11.7. The average Bonchev–Trinajstić information content (AvgIpc) is 3.08. The van der Waals surface area contributed by atoms with E-state index in [0.717, 1.165) is 43.4 Å². The summed E-state index contributed by atoms with van der Waals surface area (Å²) in [6, 6.07) is 1.40. The second-order valence-electron chi connectivity index (χ2n) is 10.6. The minimum Gasteiger partial charge on any atom is -0.477 e. The van der Waals surface area contributed by atoms with Crippen LogP contribution in [0.3, 0.4) is 0 Å². The Morgan fingerprint density at radius 1 is 1.18 bits per heavy atom. The number of hydrogen-bond acceptors (Lipinski definition) is 4. The molecule has 33 heavy (non-hydrogen) atoms. The molecule has 180 valence electrons. The van der Waals surface area contributed by atoms with Crippen molar-refractivity contribution in [2.75, 3.05) is 18.5 Å². The van der Waals surface area contributed by atoms with Gasteiger partial charge in [0.1, 0.15) is 4.88 Å². The van der Waals surface area contributed by atoms with Crippen LogP contribution in [0.5, 0.6) is 0 Å². The van der Waals surface area contributed by atoms with Gasteiger partial charge in [0, 0.05) is 37.4 Å². The van der Waals surface area contributed by atoms with E-state index in [9.17, 15) is 19.5 Å². The number of rotatable bonds is 4. The van der Waals surface area contributed by atoms with E-state index in [1.807, 2.05) is 20.8 Å². The first kappa shape index (κ1) is 25.3. The molecule has 0 aromatic carbocycles. The van der Waals surface area contributed by atoms with E-state index < -0.39 is 5.97 Å². The first-order valence-electron chi connectivity index (χ1n) is 11.9. The van der Waals surface area contributed by atoms with Crippen LogP contribution >= 0.6 is 11.3 Å². The van der Waals surface area contributed by atoms with Crippen LogP contribution in [0.15, 0.2) is 6.07 Å². The van der Waals surface area contributed by atoms with Gasteiger partial charge in [-0.1, -0.05) is 18.8 Å². The fraction of sp³-hybridized carbons (Fsp3) is 0.654. The number of nitrogens with zero attached hydrogens (tertiary/aromatic N) is 2. The van der Waals surface area contributed by atoms with Crippen LogP contribution in [-0.4, -0.2) is 47.4 Å². The normalized spacial score (nSPS) is 24.0. The van der Waals surface area contributed by atoms with Gasteiger partial charge in [-0.25, -0.2) is 4.79 Å². The Bertz CT molecular complexity index is 957. The van der Waals surface area contributed by atoms with Crippen LogP contribution in [0.25, 0.3) is 0 Å². The Kier molecular flexibility index (Phi) is 7.89. The highest BCUT2D eigenvalue weighted by Crippen LogP contribution is 2.38. The van der Waals surface area contributed by atoms with Crippen LogP contribution < -0.4 is 4.90 Å². The SMILES string of the molecule is CN1CCCC(N(c2cc(C#CC(C)(C)C)sc2C(=O)O)C(=O)[C@H]2CC[C@H](C)CC2)CC1=O. The third-order valence-electron chi connectivity index (χ3n) is 6.56. The summed E-state index contributed by atoms with van der Waals surface area (Å²) in [6.45, 7) is 8.86. The Labute approximate surface area is 201 Å². The van der Waals surface area contributed by atoms with Crippen molar-refractivity contribution in [3.8, 4) is 11.8 Å². The van der Waals surface area contributed by atoms with Crippen molar-refractivity contribution in [2.24, 2.45) is 17.3 Å². The van der Waals surface area contributed by atoms with E-state index in [4.69, 9.17) is 0 Å². The number of anilines is 1. The summed E-state index contributed by atoms with van der Waals surface area (Å²) < 4.78 is 0. The third-order valence-corrected chi connectivity index (χ3v) is 7.59. The van der Waals surface area contributed by atoms with E-state index in [1.165, 1.54) is 0 Å². The molecule has 1 aliphatic heterocycles. The first-order valence-corrected chi connectivity index (χ1v) is 12.7. The molecule has 1 aromatic heterocycles. The molecule has 1 aromatic rings. The maximum atomic E-state index is 13.9. The second kappa shape index (κ2) is 10.3. The fourth-order valence-electron chi connectivity index (χ4n) is 4.59. The lowest BCUT2D eigenvalue weighted by atomic mass is 9.82. The number of likely N-dealkylation sites (tertiary alicyclic amines) is 1. The number of carbonyl (C=O) groups excluding carboxylic acids is 2. The lowest BCUT2D eigenvalue weighted by Crippen LogP contribution is -2.46. The minimum atomic E-state index is -1.06. The molecule has 1 aliphatic carbocycles. The number of carboxylic acid groups (broad SMARTS) is 1. The van der Waals surface area contributed by atoms with E-state index in [1.54, 1.807) is 22.9 Å². The van der Waals surface area contributed by atoms with E-state index in [2.05, 4.69) is 18.8 Å². The summed E-state index contributed by atoms with van der Waals surface area (Å²) >= 11 is 1.11. The highest BCUT2D eigenvalue weighted by molar-refractivity contribution is 7.15. The topological polar surface area (TPSA) is 77.9 Å². The predicted octanol–water partition coefficient (Wildman–Crippen LogP) is 5.01. The third kappa shape index (κ3) is 6.38. The molecule has 6 nitrogen and oxygen atoms in total. The summed E-state index contributed by atoms with van der Waals surface area (Å²) in [4.78, 5) is 42.9. The van der Waals surface area contributed by atoms with Crippen molar-refractivity contribution >= 4 is 34.8 Å². The van der Waals surface area contributed by atoms with Gasteiger partial charge in [-0.3, -0.25) is 9.59 Å². The minimum absolute atomic E-state index is 0.00702. The Balaban J connectivity index is 2.05. The molecule has 2 fully saturated rings. The van der Waals surface area contributed by atoms with Gasteiger partial charge >= 0.3 is 5.97 Å². The van der Waals surface area contributed by atoms with Crippen LogP contribution in [0.1, 0.15) is 87.2 Å². The molecule has 0 radical (unpaired) electrons. The van der Waals surface area contributed by atoms with Crippen LogP contribution in [0, 0.1) is 29.1 Å². The fourth-order valence-corrected chi connectivity index (χ4v) is 5.43. The molecule has 2 amide bonds. The molecular formula is C26H36N2O4S. The van der Waals surface area contributed by atoms with Crippen LogP contribution in [-0.2, 0) is 9.59 Å². The lowest BCUT2D eigenvalue weighted by molar-refractivity contribution is -0.129. The highest BCUT2D eigenvalue weighted by Gasteiger charge is 2.37. The maximum absolute atomic E-state index is 13.9.